The van der Waals surface area contributed by atoms with Gasteiger partial charge in [0.2, 0.25) is 0 Å². The lowest BCUT2D eigenvalue weighted by molar-refractivity contribution is 0.0146. The zero-order valence-electron chi connectivity index (χ0n) is 10.6. The molecule has 1 fully saturated rings. The number of hydrogen-bond acceptors (Lipinski definition) is 2. The maximum atomic E-state index is 12.3. The molecular weight excluding hydrogens is 341 g/mol. The Morgan fingerprint density at radius 2 is 1.94 bits per heavy atom. The fourth-order valence-electron chi connectivity index (χ4n) is 2.24. The van der Waals surface area contributed by atoms with Gasteiger partial charge in [-0.05, 0) is 66.6 Å². The van der Waals surface area contributed by atoms with Crippen molar-refractivity contribution in [1.82, 2.24) is 4.90 Å². The maximum absolute atomic E-state index is 12.3. The van der Waals surface area contributed by atoms with Crippen molar-refractivity contribution in [2.45, 2.75) is 25.9 Å². The van der Waals surface area contributed by atoms with Crippen LogP contribution in [0.25, 0.3) is 0 Å². The summed E-state index contributed by atoms with van der Waals surface area (Å²) in [6.07, 6.45) is 2.23. The summed E-state index contributed by atoms with van der Waals surface area (Å²) in [6, 6.07) is 7.75. The molecule has 4 heteroatoms. The fraction of sp³-hybridized carbons (Fsp3) is 0.500. The molecule has 0 aliphatic carbocycles. The summed E-state index contributed by atoms with van der Waals surface area (Å²) in [5, 5.41) is 0. The first kappa shape index (κ1) is 13.8. The van der Waals surface area contributed by atoms with E-state index in [1.807, 2.05) is 36.1 Å². The lowest BCUT2D eigenvalue weighted by atomic mass is 10.1. The largest absolute Gasteiger partial charge is 0.378 e. The van der Waals surface area contributed by atoms with Gasteiger partial charge in [0, 0.05) is 28.8 Å². The third kappa shape index (κ3) is 3.45. The van der Waals surface area contributed by atoms with Crippen LogP contribution < -0.4 is 0 Å². The van der Waals surface area contributed by atoms with Crippen molar-refractivity contribution >= 4 is 28.5 Å². The Hall–Kier alpha value is -0.620. The van der Waals surface area contributed by atoms with Crippen molar-refractivity contribution in [3.8, 4) is 0 Å². The first-order valence-electron chi connectivity index (χ1n) is 6.37. The van der Waals surface area contributed by atoms with Crippen LogP contribution in [0.5, 0.6) is 0 Å². The van der Waals surface area contributed by atoms with E-state index in [1.165, 1.54) is 0 Å². The normalized spacial score (nSPS) is 16.9. The highest BCUT2D eigenvalue weighted by molar-refractivity contribution is 14.1. The molecular formula is C14H18INO2. The SMILES string of the molecule is CCOC1CCN(C(=O)c2ccc(I)cc2)CC1. The highest BCUT2D eigenvalue weighted by atomic mass is 127. The Morgan fingerprint density at radius 3 is 2.50 bits per heavy atom. The van der Waals surface area contributed by atoms with Crippen molar-refractivity contribution in [1.29, 1.82) is 0 Å². The number of piperidine rings is 1. The Labute approximate surface area is 122 Å². The molecule has 0 spiro atoms. The van der Waals surface area contributed by atoms with Crippen molar-refractivity contribution < 1.29 is 9.53 Å². The van der Waals surface area contributed by atoms with E-state index < -0.39 is 0 Å². The standard InChI is InChI=1S/C14H18INO2/c1-2-18-13-7-9-16(10-8-13)14(17)11-3-5-12(15)6-4-11/h3-6,13H,2,7-10H2,1H3. The van der Waals surface area contributed by atoms with Crippen LogP contribution in [0.1, 0.15) is 30.1 Å². The van der Waals surface area contributed by atoms with Crippen molar-refractivity contribution in [3.63, 3.8) is 0 Å². The summed E-state index contributed by atoms with van der Waals surface area (Å²) >= 11 is 2.24. The molecule has 98 valence electrons. The monoisotopic (exact) mass is 359 g/mol. The topological polar surface area (TPSA) is 29.5 Å². The number of rotatable bonds is 3. The van der Waals surface area contributed by atoms with Crippen LogP contribution in [0.4, 0.5) is 0 Å². The van der Waals surface area contributed by atoms with E-state index in [2.05, 4.69) is 22.6 Å². The van der Waals surface area contributed by atoms with Crippen molar-refractivity contribution in [2.24, 2.45) is 0 Å². The van der Waals surface area contributed by atoms with E-state index in [0.29, 0.717) is 6.10 Å². The molecule has 1 amide bonds. The number of carbonyl (C=O) groups excluding carboxylic acids is 1. The molecule has 18 heavy (non-hydrogen) atoms. The smallest absolute Gasteiger partial charge is 0.253 e. The summed E-state index contributed by atoms with van der Waals surface area (Å²) in [7, 11) is 0. The van der Waals surface area contributed by atoms with E-state index >= 15 is 0 Å². The van der Waals surface area contributed by atoms with Gasteiger partial charge in [0.1, 0.15) is 0 Å². The van der Waals surface area contributed by atoms with Crippen LogP contribution in [0, 0.1) is 3.57 Å². The van der Waals surface area contributed by atoms with Crippen LogP contribution in [0.15, 0.2) is 24.3 Å². The number of likely N-dealkylation sites (tertiary alicyclic amines) is 1. The van der Waals surface area contributed by atoms with Crippen LogP contribution in [0.3, 0.4) is 0 Å². The first-order valence-corrected chi connectivity index (χ1v) is 7.45. The Morgan fingerprint density at radius 1 is 1.33 bits per heavy atom. The quantitative estimate of drug-likeness (QED) is 0.777. The molecule has 0 atom stereocenters. The van der Waals surface area contributed by atoms with Gasteiger partial charge in [-0.25, -0.2) is 0 Å². The van der Waals surface area contributed by atoms with Gasteiger partial charge in [0.25, 0.3) is 5.91 Å². The second-order valence-electron chi connectivity index (χ2n) is 4.45. The van der Waals surface area contributed by atoms with Crippen LogP contribution in [-0.2, 0) is 4.74 Å². The van der Waals surface area contributed by atoms with Gasteiger partial charge in [-0.2, -0.15) is 0 Å². The molecule has 1 aromatic rings. The molecule has 2 rings (SSSR count). The molecule has 1 aliphatic heterocycles. The van der Waals surface area contributed by atoms with E-state index in [-0.39, 0.29) is 5.91 Å². The molecule has 3 nitrogen and oxygen atoms in total. The third-order valence-corrected chi connectivity index (χ3v) is 3.94. The van der Waals surface area contributed by atoms with E-state index in [0.717, 1.165) is 41.7 Å². The highest BCUT2D eigenvalue weighted by Gasteiger charge is 2.23. The predicted octanol–water partition coefficient (Wildman–Crippen LogP) is 2.93. The van der Waals surface area contributed by atoms with Gasteiger partial charge in [0.05, 0.1) is 6.10 Å². The van der Waals surface area contributed by atoms with Gasteiger partial charge in [-0.15, -0.1) is 0 Å². The lowest BCUT2D eigenvalue weighted by Crippen LogP contribution is -2.40. The number of carbonyl (C=O) groups is 1. The highest BCUT2D eigenvalue weighted by Crippen LogP contribution is 2.17. The van der Waals surface area contributed by atoms with Crippen LogP contribution in [0.2, 0.25) is 0 Å². The van der Waals surface area contributed by atoms with Gasteiger partial charge >= 0.3 is 0 Å². The maximum Gasteiger partial charge on any atom is 0.253 e. The summed E-state index contributed by atoms with van der Waals surface area (Å²) < 4.78 is 6.75. The Bertz CT molecular complexity index is 397. The van der Waals surface area contributed by atoms with Gasteiger partial charge in [0.15, 0.2) is 0 Å². The van der Waals surface area contributed by atoms with Crippen molar-refractivity contribution in [2.75, 3.05) is 19.7 Å². The van der Waals surface area contributed by atoms with Crippen LogP contribution in [-0.4, -0.2) is 36.6 Å². The summed E-state index contributed by atoms with van der Waals surface area (Å²) in [4.78, 5) is 14.2. The van der Waals surface area contributed by atoms with E-state index in [4.69, 9.17) is 4.74 Å². The molecule has 0 unspecified atom stereocenters. The van der Waals surface area contributed by atoms with E-state index in [9.17, 15) is 4.79 Å². The van der Waals surface area contributed by atoms with Gasteiger partial charge in [-0.1, -0.05) is 0 Å². The number of amides is 1. The third-order valence-electron chi connectivity index (χ3n) is 3.22. The second kappa shape index (κ2) is 6.52. The predicted molar refractivity (Wildman–Crippen MR) is 79.7 cm³/mol. The van der Waals surface area contributed by atoms with Crippen LogP contribution >= 0.6 is 22.6 Å². The second-order valence-corrected chi connectivity index (χ2v) is 5.70. The zero-order chi connectivity index (χ0) is 13.0. The van der Waals surface area contributed by atoms with Gasteiger partial charge in [-0.3, -0.25) is 4.79 Å². The molecule has 1 saturated heterocycles. The Balaban J connectivity index is 1.93. The number of hydrogen-bond donors (Lipinski definition) is 0. The van der Waals surface area contributed by atoms with Crippen molar-refractivity contribution in [3.05, 3.63) is 33.4 Å². The Kier molecular flexibility index (Phi) is 5.00. The molecule has 1 heterocycles. The number of benzene rings is 1. The van der Waals surface area contributed by atoms with Gasteiger partial charge < -0.3 is 9.64 Å². The lowest BCUT2D eigenvalue weighted by Gasteiger charge is -2.31. The molecule has 1 aliphatic rings. The minimum atomic E-state index is 0.140. The summed E-state index contributed by atoms with van der Waals surface area (Å²) in [5.41, 5.74) is 0.783. The average Bonchev–Trinajstić information content (AvgIpc) is 2.40. The number of nitrogens with zero attached hydrogens (tertiary/aromatic N) is 1. The average molecular weight is 359 g/mol. The summed E-state index contributed by atoms with van der Waals surface area (Å²) in [5.74, 6) is 0.140. The zero-order valence-corrected chi connectivity index (χ0v) is 12.7. The minimum Gasteiger partial charge on any atom is -0.378 e. The molecule has 1 aromatic carbocycles. The molecule has 0 N–H and O–H groups in total. The fourth-order valence-corrected chi connectivity index (χ4v) is 2.60. The van der Waals surface area contributed by atoms with E-state index in [1.54, 1.807) is 0 Å². The number of halogens is 1. The first-order chi connectivity index (χ1) is 8.70. The molecule has 0 saturated carbocycles. The molecule has 0 radical (unpaired) electrons. The molecule has 0 bridgehead atoms. The molecule has 0 aromatic heterocycles. The minimum absolute atomic E-state index is 0.140. The summed E-state index contributed by atoms with van der Waals surface area (Å²) in [6.45, 7) is 4.38. The number of ether oxygens (including phenoxy) is 1.